The number of furan rings is 1. The molecule has 2 aromatic heterocycles. The Kier molecular flexibility index (Phi) is 8.17. The van der Waals surface area contributed by atoms with Gasteiger partial charge in [-0.3, -0.25) is 0 Å². The molecule has 0 bridgehead atoms. The second-order valence-corrected chi connectivity index (χ2v) is 7.85. The van der Waals surface area contributed by atoms with Crippen LogP contribution in [0, 0.1) is 0 Å². The highest BCUT2D eigenvalue weighted by Crippen LogP contribution is 2.43. The van der Waals surface area contributed by atoms with Gasteiger partial charge in [-0.05, 0) is 44.0 Å². The number of hydrogen-bond donors (Lipinski definition) is 1. The number of anilines is 1. The zero-order chi connectivity index (χ0) is 23.8. The van der Waals surface area contributed by atoms with Crippen molar-refractivity contribution in [3.8, 4) is 28.2 Å². The molecule has 0 amide bonds. The smallest absolute Gasteiger partial charge is 0.229 e. The summed E-state index contributed by atoms with van der Waals surface area (Å²) in [5.41, 5.74) is 4.67. The van der Waals surface area contributed by atoms with Crippen LogP contribution in [0.15, 0.2) is 71.3 Å². The van der Waals surface area contributed by atoms with Crippen molar-refractivity contribution in [2.45, 2.75) is 33.0 Å². The molecule has 34 heavy (non-hydrogen) atoms. The number of nitrogens with one attached hydrogen (secondary N) is 1. The van der Waals surface area contributed by atoms with Gasteiger partial charge in [0.1, 0.15) is 11.5 Å². The predicted molar refractivity (Wildman–Crippen MR) is 136 cm³/mol. The van der Waals surface area contributed by atoms with Crippen molar-refractivity contribution in [2.24, 2.45) is 0 Å². The van der Waals surface area contributed by atoms with Gasteiger partial charge >= 0.3 is 0 Å². The average Bonchev–Trinajstić information content (AvgIpc) is 3.28. The summed E-state index contributed by atoms with van der Waals surface area (Å²) in [6, 6.07) is 20.2. The number of fused-ring (bicyclic) bond motifs is 1. The lowest BCUT2D eigenvalue weighted by Gasteiger charge is -2.17. The third-order valence-corrected chi connectivity index (χ3v) is 5.64. The molecule has 4 aromatic rings. The van der Waals surface area contributed by atoms with Gasteiger partial charge in [-0.2, -0.15) is 0 Å². The molecule has 0 aliphatic carbocycles. The minimum absolute atomic E-state index is 0.164. The Bertz CT molecular complexity index is 1170. The van der Waals surface area contributed by atoms with Crippen LogP contribution in [0.1, 0.15) is 26.7 Å². The highest BCUT2D eigenvalue weighted by atomic mass is 16.7. The number of nitrogens with zero attached hydrogens (tertiary/aromatic N) is 1. The van der Waals surface area contributed by atoms with Crippen molar-refractivity contribution in [3.05, 3.63) is 66.9 Å². The van der Waals surface area contributed by atoms with E-state index in [1.165, 1.54) is 0 Å². The zero-order valence-electron chi connectivity index (χ0n) is 20.0. The maximum absolute atomic E-state index is 6.32. The molecular formula is C28H32N2O4. The topological polar surface area (TPSA) is 65.8 Å². The number of hydrogen-bond acceptors (Lipinski definition) is 6. The van der Waals surface area contributed by atoms with Gasteiger partial charge in [0.05, 0.1) is 12.5 Å². The standard InChI is InChI=1S/C28H32N2O4/c1-4-32-24(33-5-2)12-9-18-29-23-17-19-30-28-26(23)25(20-13-15-22(31-3)16-14-20)27(34-28)21-10-7-6-8-11-21/h6-8,10-11,13-17,19,24H,4-5,9,12,18H2,1-3H3,(H,29,30). The highest BCUT2D eigenvalue weighted by Gasteiger charge is 2.21. The van der Waals surface area contributed by atoms with Crippen molar-refractivity contribution in [2.75, 3.05) is 32.2 Å². The molecule has 0 aliphatic heterocycles. The van der Waals surface area contributed by atoms with Gasteiger partial charge in [-0.25, -0.2) is 4.98 Å². The van der Waals surface area contributed by atoms with Crippen LogP contribution in [0.3, 0.4) is 0 Å². The van der Waals surface area contributed by atoms with Crippen LogP contribution in [0.5, 0.6) is 5.75 Å². The largest absolute Gasteiger partial charge is 0.497 e. The summed E-state index contributed by atoms with van der Waals surface area (Å²) >= 11 is 0. The summed E-state index contributed by atoms with van der Waals surface area (Å²) in [4.78, 5) is 4.54. The van der Waals surface area contributed by atoms with Gasteiger partial charge in [-0.15, -0.1) is 0 Å². The van der Waals surface area contributed by atoms with Crippen molar-refractivity contribution in [3.63, 3.8) is 0 Å². The monoisotopic (exact) mass is 460 g/mol. The van der Waals surface area contributed by atoms with E-state index in [1.807, 2.05) is 50.2 Å². The van der Waals surface area contributed by atoms with E-state index in [1.54, 1.807) is 13.3 Å². The van der Waals surface area contributed by atoms with Gasteiger partial charge in [0, 0.05) is 49.2 Å². The molecule has 0 spiro atoms. The van der Waals surface area contributed by atoms with E-state index in [4.69, 9.17) is 18.6 Å². The van der Waals surface area contributed by atoms with Crippen LogP contribution < -0.4 is 10.1 Å². The lowest BCUT2D eigenvalue weighted by molar-refractivity contribution is -0.139. The quantitative estimate of drug-likeness (QED) is 0.186. The maximum Gasteiger partial charge on any atom is 0.229 e. The molecule has 6 heteroatoms. The Labute approximate surface area is 200 Å². The van der Waals surface area contributed by atoms with E-state index >= 15 is 0 Å². The van der Waals surface area contributed by atoms with Crippen molar-refractivity contribution >= 4 is 16.8 Å². The molecule has 0 aliphatic rings. The number of aromatic nitrogens is 1. The molecule has 0 atom stereocenters. The third kappa shape index (κ3) is 5.41. The number of benzene rings is 2. The molecule has 0 saturated heterocycles. The van der Waals surface area contributed by atoms with Crippen LogP contribution in [-0.4, -0.2) is 38.1 Å². The third-order valence-electron chi connectivity index (χ3n) is 5.64. The fourth-order valence-electron chi connectivity index (χ4n) is 4.07. The van der Waals surface area contributed by atoms with Crippen molar-refractivity contribution < 1.29 is 18.6 Å². The lowest BCUT2D eigenvalue weighted by atomic mass is 9.98. The fourth-order valence-corrected chi connectivity index (χ4v) is 4.07. The first-order valence-electron chi connectivity index (χ1n) is 11.8. The summed E-state index contributed by atoms with van der Waals surface area (Å²) < 4.78 is 23.0. The molecule has 178 valence electrons. The molecule has 1 N–H and O–H groups in total. The number of methoxy groups -OCH3 is 1. The molecule has 2 heterocycles. The van der Waals surface area contributed by atoms with Crippen molar-refractivity contribution in [1.82, 2.24) is 4.98 Å². The maximum atomic E-state index is 6.32. The average molecular weight is 461 g/mol. The van der Waals surface area contributed by atoms with Crippen LogP contribution in [0.2, 0.25) is 0 Å². The van der Waals surface area contributed by atoms with E-state index in [0.717, 1.165) is 58.7 Å². The summed E-state index contributed by atoms with van der Waals surface area (Å²) in [7, 11) is 1.67. The Morgan fingerprint density at radius 3 is 2.32 bits per heavy atom. The summed E-state index contributed by atoms with van der Waals surface area (Å²) in [6.07, 6.45) is 3.36. The van der Waals surface area contributed by atoms with Gasteiger partial charge in [0.2, 0.25) is 5.71 Å². The van der Waals surface area contributed by atoms with Crippen LogP contribution in [0.4, 0.5) is 5.69 Å². The molecule has 6 nitrogen and oxygen atoms in total. The molecule has 2 aromatic carbocycles. The Morgan fingerprint density at radius 2 is 1.65 bits per heavy atom. The Balaban J connectivity index is 1.67. The summed E-state index contributed by atoms with van der Waals surface area (Å²) in [5, 5.41) is 4.56. The number of ether oxygens (including phenoxy) is 3. The second kappa shape index (κ2) is 11.7. The molecular weight excluding hydrogens is 428 g/mol. The number of rotatable bonds is 12. The van der Waals surface area contributed by atoms with E-state index in [2.05, 4.69) is 34.6 Å². The van der Waals surface area contributed by atoms with Gasteiger partial charge in [-0.1, -0.05) is 42.5 Å². The minimum Gasteiger partial charge on any atom is -0.497 e. The molecule has 4 rings (SSSR count). The molecule has 0 fully saturated rings. The first-order valence-corrected chi connectivity index (χ1v) is 11.8. The highest BCUT2D eigenvalue weighted by molar-refractivity contribution is 6.06. The molecule has 0 unspecified atom stereocenters. The second-order valence-electron chi connectivity index (χ2n) is 7.85. The SMILES string of the molecule is CCOC(CCCNc1ccnc2oc(-c3ccccc3)c(-c3ccc(OC)cc3)c12)OCC. The van der Waals surface area contributed by atoms with E-state index < -0.39 is 0 Å². The first-order chi connectivity index (χ1) is 16.7. The zero-order valence-corrected chi connectivity index (χ0v) is 20.0. The summed E-state index contributed by atoms with van der Waals surface area (Å²) in [5.74, 6) is 1.61. The van der Waals surface area contributed by atoms with E-state index in [-0.39, 0.29) is 6.29 Å². The van der Waals surface area contributed by atoms with Gasteiger partial charge in [0.15, 0.2) is 6.29 Å². The van der Waals surface area contributed by atoms with Gasteiger partial charge in [0.25, 0.3) is 0 Å². The van der Waals surface area contributed by atoms with Crippen LogP contribution in [0.25, 0.3) is 33.6 Å². The Morgan fingerprint density at radius 1 is 0.912 bits per heavy atom. The summed E-state index contributed by atoms with van der Waals surface area (Å²) in [6.45, 7) is 6.05. The van der Waals surface area contributed by atoms with E-state index in [0.29, 0.717) is 18.9 Å². The predicted octanol–water partition coefficient (Wildman–Crippen LogP) is 6.76. The fraction of sp³-hybridized carbons (Fsp3) is 0.321. The van der Waals surface area contributed by atoms with E-state index in [9.17, 15) is 0 Å². The van der Waals surface area contributed by atoms with Crippen molar-refractivity contribution in [1.29, 1.82) is 0 Å². The lowest BCUT2D eigenvalue weighted by Crippen LogP contribution is -2.18. The normalized spacial score (nSPS) is 11.3. The number of pyridine rings is 1. The van der Waals surface area contributed by atoms with Gasteiger partial charge < -0.3 is 23.9 Å². The Hall–Kier alpha value is -3.35. The first kappa shape index (κ1) is 23.8. The molecule has 0 radical (unpaired) electrons. The minimum atomic E-state index is -0.164. The van der Waals surface area contributed by atoms with Crippen LogP contribution in [-0.2, 0) is 9.47 Å². The van der Waals surface area contributed by atoms with Crippen LogP contribution >= 0.6 is 0 Å². The molecule has 0 saturated carbocycles.